The van der Waals surface area contributed by atoms with Gasteiger partial charge in [0.15, 0.2) is 17.0 Å². The number of hydrogen-bond acceptors (Lipinski definition) is 5. The highest BCUT2D eigenvalue weighted by atomic mass is 15.4. The van der Waals surface area contributed by atoms with Crippen LogP contribution < -0.4 is 5.32 Å². The Morgan fingerprint density at radius 2 is 1.91 bits per heavy atom. The number of aryl methyl sites for hydroxylation is 1. The summed E-state index contributed by atoms with van der Waals surface area (Å²) in [6.07, 6.45) is 3.03. The summed E-state index contributed by atoms with van der Waals surface area (Å²) >= 11 is 0. The zero-order valence-electron chi connectivity index (χ0n) is 13.7. The molecule has 0 amide bonds. The summed E-state index contributed by atoms with van der Waals surface area (Å²) in [5.41, 5.74) is 2.71. The van der Waals surface area contributed by atoms with Crippen LogP contribution in [-0.4, -0.2) is 31.5 Å². The first-order chi connectivity index (χ1) is 11.3. The maximum Gasteiger partial charge on any atom is 0.184 e. The molecule has 0 fully saturated rings. The van der Waals surface area contributed by atoms with Gasteiger partial charge in [-0.15, -0.1) is 5.10 Å². The van der Waals surface area contributed by atoms with E-state index in [1.165, 1.54) is 5.56 Å². The van der Waals surface area contributed by atoms with Crippen LogP contribution in [0.5, 0.6) is 0 Å². The minimum atomic E-state index is 0.659. The van der Waals surface area contributed by atoms with Crippen LogP contribution in [0.25, 0.3) is 11.2 Å². The summed E-state index contributed by atoms with van der Waals surface area (Å²) in [6, 6.07) is 10.2. The molecule has 0 atom stereocenters. The van der Waals surface area contributed by atoms with Gasteiger partial charge in [0, 0.05) is 13.0 Å². The Hall–Kier alpha value is -2.50. The Morgan fingerprint density at radius 1 is 1.09 bits per heavy atom. The lowest BCUT2D eigenvalue weighted by molar-refractivity contribution is 0.662. The van der Waals surface area contributed by atoms with Crippen LogP contribution >= 0.6 is 0 Å². The van der Waals surface area contributed by atoms with E-state index in [4.69, 9.17) is 0 Å². The molecular formula is C17H22N6. The van der Waals surface area contributed by atoms with Crippen molar-refractivity contribution in [2.24, 2.45) is 0 Å². The highest BCUT2D eigenvalue weighted by Crippen LogP contribution is 2.19. The molecule has 120 valence electrons. The van der Waals surface area contributed by atoms with Crippen molar-refractivity contribution in [3.63, 3.8) is 0 Å². The molecule has 0 aliphatic carbocycles. The second-order valence-corrected chi connectivity index (χ2v) is 5.53. The number of fused-ring (bicyclic) bond motifs is 1. The molecule has 0 aliphatic rings. The standard InChI is InChI=1S/C17H22N6/c1-3-5-11-18-16-15-17(20-14(4-2)19-16)23(22-21-15)12-13-9-7-6-8-10-13/h6-10H,3-5,11-12H2,1-2H3,(H,18,19,20). The molecule has 3 aromatic rings. The predicted molar refractivity (Wildman–Crippen MR) is 91.4 cm³/mol. The number of rotatable bonds is 7. The van der Waals surface area contributed by atoms with Gasteiger partial charge in [-0.05, 0) is 12.0 Å². The minimum absolute atomic E-state index is 0.659. The third-order valence-electron chi connectivity index (χ3n) is 3.72. The summed E-state index contributed by atoms with van der Waals surface area (Å²) in [5.74, 6) is 1.60. The van der Waals surface area contributed by atoms with Gasteiger partial charge in [0.05, 0.1) is 6.54 Å². The fourth-order valence-corrected chi connectivity index (χ4v) is 2.43. The summed E-state index contributed by atoms with van der Waals surface area (Å²) in [4.78, 5) is 9.20. The molecule has 0 saturated heterocycles. The number of benzene rings is 1. The van der Waals surface area contributed by atoms with E-state index in [1.54, 1.807) is 0 Å². The second kappa shape index (κ2) is 7.17. The molecule has 0 unspecified atom stereocenters. The van der Waals surface area contributed by atoms with Gasteiger partial charge in [-0.25, -0.2) is 14.6 Å². The Balaban J connectivity index is 1.95. The molecule has 23 heavy (non-hydrogen) atoms. The lowest BCUT2D eigenvalue weighted by Gasteiger charge is -2.07. The molecule has 1 aromatic carbocycles. The van der Waals surface area contributed by atoms with E-state index >= 15 is 0 Å². The van der Waals surface area contributed by atoms with Crippen molar-refractivity contribution in [1.82, 2.24) is 25.0 Å². The van der Waals surface area contributed by atoms with Crippen molar-refractivity contribution in [1.29, 1.82) is 0 Å². The smallest absolute Gasteiger partial charge is 0.184 e. The van der Waals surface area contributed by atoms with Gasteiger partial charge in [-0.3, -0.25) is 0 Å². The van der Waals surface area contributed by atoms with Gasteiger partial charge in [-0.1, -0.05) is 55.8 Å². The number of anilines is 1. The highest BCUT2D eigenvalue weighted by molar-refractivity contribution is 5.82. The molecular weight excluding hydrogens is 288 g/mol. The zero-order chi connectivity index (χ0) is 16.1. The first-order valence-electron chi connectivity index (χ1n) is 8.19. The van der Waals surface area contributed by atoms with E-state index < -0.39 is 0 Å². The minimum Gasteiger partial charge on any atom is -0.368 e. The van der Waals surface area contributed by atoms with Crippen LogP contribution in [0.15, 0.2) is 30.3 Å². The normalized spacial score (nSPS) is 11.0. The van der Waals surface area contributed by atoms with Gasteiger partial charge in [-0.2, -0.15) is 0 Å². The Kier molecular flexibility index (Phi) is 4.80. The summed E-state index contributed by atoms with van der Waals surface area (Å²) in [5, 5.41) is 11.9. The van der Waals surface area contributed by atoms with Gasteiger partial charge in [0.2, 0.25) is 0 Å². The Labute approximate surface area is 136 Å². The third-order valence-corrected chi connectivity index (χ3v) is 3.72. The molecule has 3 rings (SSSR count). The Morgan fingerprint density at radius 3 is 2.65 bits per heavy atom. The zero-order valence-corrected chi connectivity index (χ0v) is 13.7. The molecule has 0 radical (unpaired) electrons. The number of hydrogen-bond donors (Lipinski definition) is 1. The van der Waals surface area contributed by atoms with Crippen molar-refractivity contribution >= 4 is 17.0 Å². The van der Waals surface area contributed by atoms with Crippen molar-refractivity contribution in [3.8, 4) is 0 Å². The topological polar surface area (TPSA) is 68.5 Å². The molecule has 0 bridgehead atoms. The maximum absolute atomic E-state index is 4.63. The molecule has 2 aromatic heterocycles. The van der Waals surface area contributed by atoms with Crippen LogP contribution in [0, 0.1) is 0 Å². The maximum atomic E-state index is 4.63. The molecule has 1 N–H and O–H groups in total. The second-order valence-electron chi connectivity index (χ2n) is 5.53. The number of nitrogens with one attached hydrogen (secondary N) is 1. The van der Waals surface area contributed by atoms with E-state index in [0.717, 1.165) is 48.6 Å². The quantitative estimate of drug-likeness (QED) is 0.679. The first-order valence-corrected chi connectivity index (χ1v) is 8.19. The van der Waals surface area contributed by atoms with E-state index in [0.29, 0.717) is 6.54 Å². The van der Waals surface area contributed by atoms with Gasteiger partial charge in [0.25, 0.3) is 0 Å². The number of unbranched alkanes of at least 4 members (excludes halogenated alkanes) is 1. The van der Waals surface area contributed by atoms with Gasteiger partial charge < -0.3 is 5.32 Å². The monoisotopic (exact) mass is 310 g/mol. The third kappa shape index (κ3) is 3.47. The summed E-state index contributed by atoms with van der Waals surface area (Å²) < 4.78 is 1.84. The highest BCUT2D eigenvalue weighted by Gasteiger charge is 2.14. The summed E-state index contributed by atoms with van der Waals surface area (Å²) in [7, 11) is 0. The molecule has 0 spiro atoms. The molecule has 2 heterocycles. The fourth-order valence-electron chi connectivity index (χ4n) is 2.43. The number of nitrogens with zero attached hydrogens (tertiary/aromatic N) is 5. The van der Waals surface area contributed by atoms with E-state index in [1.807, 2.05) is 22.9 Å². The number of aromatic nitrogens is 5. The van der Waals surface area contributed by atoms with E-state index in [-0.39, 0.29) is 0 Å². The lowest BCUT2D eigenvalue weighted by Crippen LogP contribution is -2.08. The van der Waals surface area contributed by atoms with Crippen molar-refractivity contribution in [2.75, 3.05) is 11.9 Å². The SMILES string of the molecule is CCCCNc1nc(CC)nc2c1nnn2Cc1ccccc1. The average Bonchev–Trinajstić information content (AvgIpc) is 2.99. The van der Waals surface area contributed by atoms with Crippen LogP contribution in [0.4, 0.5) is 5.82 Å². The van der Waals surface area contributed by atoms with Gasteiger partial charge >= 0.3 is 0 Å². The van der Waals surface area contributed by atoms with Gasteiger partial charge in [0.1, 0.15) is 5.82 Å². The first kappa shape index (κ1) is 15.4. The Bertz CT molecular complexity index is 765. The van der Waals surface area contributed by atoms with Crippen molar-refractivity contribution < 1.29 is 0 Å². The van der Waals surface area contributed by atoms with Crippen LogP contribution in [-0.2, 0) is 13.0 Å². The largest absolute Gasteiger partial charge is 0.368 e. The van der Waals surface area contributed by atoms with E-state index in [9.17, 15) is 0 Å². The van der Waals surface area contributed by atoms with Crippen LogP contribution in [0.1, 0.15) is 38.1 Å². The lowest BCUT2D eigenvalue weighted by atomic mass is 10.2. The molecule has 6 heteroatoms. The van der Waals surface area contributed by atoms with Crippen LogP contribution in [0.3, 0.4) is 0 Å². The molecule has 0 aliphatic heterocycles. The average molecular weight is 310 g/mol. The molecule has 6 nitrogen and oxygen atoms in total. The van der Waals surface area contributed by atoms with Crippen molar-refractivity contribution in [3.05, 3.63) is 41.7 Å². The molecule has 0 saturated carbocycles. The predicted octanol–water partition coefficient (Wildman–Crippen LogP) is 3.04. The fraction of sp³-hybridized carbons (Fsp3) is 0.412. The summed E-state index contributed by atoms with van der Waals surface area (Å²) in [6.45, 7) is 5.77. The van der Waals surface area contributed by atoms with Crippen LogP contribution in [0.2, 0.25) is 0 Å². The van der Waals surface area contributed by atoms with Crippen molar-refractivity contribution in [2.45, 2.75) is 39.7 Å². The van der Waals surface area contributed by atoms with E-state index in [2.05, 4.69) is 51.6 Å².